The van der Waals surface area contributed by atoms with Gasteiger partial charge in [0.05, 0.1) is 6.26 Å². The first kappa shape index (κ1) is 12.6. The van der Waals surface area contributed by atoms with E-state index >= 15 is 0 Å². The Bertz CT molecular complexity index is 259. The van der Waals surface area contributed by atoms with Crippen LogP contribution in [0.25, 0.3) is 0 Å². The summed E-state index contributed by atoms with van der Waals surface area (Å²) in [6.07, 6.45) is 11.5. The van der Waals surface area contributed by atoms with E-state index in [4.69, 9.17) is 5.11 Å². The molecule has 2 heteroatoms. The summed E-state index contributed by atoms with van der Waals surface area (Å²) in [6, 6.07) is 0. The molecular formula is C12H19NO. The molecule has 0 heterocycles. The molecular weight excluding hydrogens is 174 g/mol. The van der Waals surface area contributed by atoms with E-state index in [1.807, 2.05) is 45.2 Å². The SMILES string of the molecule is C\C=C/C(CC=CO)=C(\C=C/C)NC. The fourth-order valence-electron chi connectivity index (χ4n) is 1.17. The third kappa shape index (κ3) is 4.55. The van der Waals surface area contributed by atoms with Gasteiger partial charge in [0, 0.05) is 12.7 Å². The summed E-state index contributed by atoms with van der Waals surface area (Å²) < 4.78 is 0. The Labute approximate surface area is 86.3 Å². The molecule has 0 fully saturated rings. The largest absolute Gasteiger partial charge is 0.516 e. The minimum absolute atomic E-state index is 0.724. The Hall–Kier alpha value is -1.44. The van der Waals surface area contributed by atoms with Crippen LogP contribution < -0.4 is 5.32 Å². The molecule has 0 rings (SSSR count). The van der Waals surface area contributed by atoms with Gasteiger partial charge in [-0.25, -0.2) is 0 Å². The number of hydrogen-bond acceptors (Lipinski definition) is 2. The van der Waals surface area contributed by atoms with Gasteiger partial charge in [-0.3, -0.25) is 0 Å². The fraction of sp³-hybridized carbons (Fsp3) is 0.333. The highest BCUT2D eigenvalue weighted by atomic mass is 16.2. The maximum atomic E-state index is 8.60. The Balaban J connectivity index is 4.87. The van der Waals surface area contributed by atoms with E-state index in [2.05, 4.69) is 5.32 Å². The van der Waals surface area contributed by atoms with Crippen molar-refractivity contribution in [1.29, 1.82) is 0 Å². The predicted octanol–water partition coefficient (Wildman–Crippen LogP) is 3.07. The molecule has 0 aromatic rings. The summed E-state index contributed by atoms with van der Waals surface area (Å²) in [5, 5.41) is 11.7. The molecule has 0 saturated carbocycles. The van der Waals surface area contributed by atoms with Gasteiger partial charge in [-0.2, -0.15) is 0 Å². The smallest absolute Gasteiger partial charge is 0.0755 e. The zero-order valence-corrected chi connectivity index (χ0v) is 9.12. The van der Waals surface area contributed by atoms with E-state index < -0.39 is 0 Å². The van der Waals surface area contributed by atoms with Crippen molar-refractivity contribution in [2.24, 2.45) is 0 Å². The first-order valence-electron chi connectivity index (χ1n) is 4.75. The molecule has 2 N–H and O–H groups in total. The van der Waals surface area contributed by atoms with Crippen molar-refractivity contribution in [3.05, 3.63) is 47.9 Å². The molecule has 0 spiro atoms. The van der Waals surface area contributed by atoms with Crippen LogP contribution in [0.2, 0.25) is 0 Å². The van der Waals surface area contributed by atoms with Gasteiger partial charge < -0.3 is 10.4 Å². The lowest BCUT2D eigenvalue weighted by molar-refractivity contribution is 0.471. The van der Waals surface area contributed by atoms with E-state index in [9.17, 15) is 0 Å². The van der Waals surface area contributed by atoms with E-state index in [-0.39, 0.29) is 0 Å². The minimum atomic E-state index is 0.724. The third-order valence-corrected chi connectivity index (χ3v) is 1.76. The lowest BCUT2D eigenvalue weighted by atomic mass is 10.1. The lowest BCUT2D eigenvalue weighted by Gasteiger charge is -2.06. The van der Waals surface area contributed by atoms with Crippen molar-refractivity contribution in [2.45, 2.75) is 20.3 Å². The van der Waals surface area contributed by atoms with Crippen LogP contribution in [-0.4, -0.2) is 12.2 Å². The van der Waals surface area contributed by atoms with Gasteiger partial charge in [0.15, 0.2) is 0 Å². The van der Waals surface area contributed by atoms with Crippen LogP contribution in [0.15, 0.2) is 47.9 Å². The summed E-state index contributed by atoms with van der Waals surface area (Å²) in [5.74, 6) is 0. The second-order valence-corrected chi connectivity index (χ2v) is 2.78. The van der Waals surface area contributed by atoms with Gasteiger partial charge in [0.25, 0.3) is 0 Å². The van der Waals surface area contributed by atoms with Gasteiger partial charge in [0.1, 0.15) is 0 Å². The van der Waals surface area contributed by atoms with Crippen LogP contribution in [0.1, 0.15) is 20.3 Å². The van der Waals surface area contributed by atoms with Crippen LogP contribution in [0.5, 0.6) is 0 Å². The molecule has 0 atom stereocenters. The molecule has 14 heavy (non-hydrogen) atoms. The maximum absolute atomic E-state index is 8.60. The molecule has 0 aromatic heterocycles. The first-order valence-corrected chi connectivity index (χ1v) is 4.75. The third-order valence-electron chi connectivity index (χ3n) is 1.76. The van der Waals surface area contributed by atoms with Crippen LogP contribution in [0, 0.1) is 0 Å². The molecule has 0 saturated heterocycles. The highest BCUT2D eigenvalue weighted by Crippen LogP contribution is 2.10. The van der Waals surface area contributed by atoms with Crippen molar-refractivity contribution >= 4 is 0 Å². The Morgan fingerprint density at radius 3 is 2.29 bits per heavy atom. The number of hydrogen-bond donors (Lipinski definition) is 2. The average Bonchev–Trinajstić information content (AvgIpc) is 2.21. The van der Waals surface area contributed by atoms with Crippen LogP contribution >= 0.6 is 0 Å². The van der Waals surface area contributed by atoms with E-state index in [1.165, 1.54) is 0 Å². The second-order valence-electron chi connectivity index (χ2n) is 2.78. The highest BCUT2D eigenvalue weighted by molar-refractivity contribution is 5.33. The van der Waals surface area contributed by atoms with Gasteiger partial charge in [-0.05, 0) is 38.0 Å². The summed E-state index contributed by atoms with van der Waals surface area (Å²) in [4.78, 5) is 0. The number of nitrogens with one attached hydrogen (secondary N) is 1. The summed E-state index contributed by atoms with van der Waals surface area (Å²) in [6.45, 7) is 3.96. The van der Waals surface area contributed by atoms with Crippen molar-refractivity contribution < 1.29 is 5.11 Å². The van der Waals surface area contributed by atoms with Crippen molar-refractivity contribution in [3.63, 3.8) is 0 Å². The maximum Gasteiger partial charge on any atom is 0.0755 e. The predicted molar refractivity (Wildman–Crippen MR) is 62.1 cm³/mol. The summed E-state index contributed by atoms with van der Waals surface area (Å²) in [5.41, 5.74) is 2.22. The lowest BCUT2D eigenvalue weighted by Crippen LogP contribution is -2.06. The number of aliphatic hydroxyl groups is 1. The number of rotatable bonds is 5. The van der Waals surface area contributed by atoms with E-state index in [1.54, 1.807) is 6.08 Å². The molecule has 0 unspecified atom stereocenters. The topological polar surface area (TPSA) is 32.3 Å². The van der Waals surface area contributed by atoms with Gasteiger partial charge in [0.2, 0.25) is 0 Å². The Morgan fingerprint density at radius 1 is 1.21 bits per heavy atom. The standard InChI is InChI=1S/C12H19NO/c1-4-7-11(9-6-10-14)12(13-3)8-5-2/h4-8,10,13-14H,9H2,1-3H3/b7-4-,8-5-,10-6?,12-11-. The molecule has 0 aliphatic carbocycles. The van der Waals surface area contributed by atoms with E-state index in [0.29, 0.717) is 0 Å². The molecule has 0 aliphatic rings. The first-order chi connectivity index (χ1) is 6.79. The normalized spacial score (nSPS) is 14.2. The van der Waals surface area contributed by atoms with Crippen molar-refractivity contribution in [1.82, 2.24) is 5.32 Å². The van der Waals surface area contributed by atoms with Crippen molar-refractivity contribution in [2.75, 3.05) is 7.05 Å². The molecule has 0 radical (unpaired) electrons. The van der Waals surface area contributed by atoms with Gasteiger partial charge in [-0.1, -0.05) is 18.2 Å². The summed E-state index contributed by atoms with van der Waals surface area (Å²) in [7, 11) is 1.89. The van der Waals surface area contributed by atoms with Crippen molar-refractivity contribution in [3.8, 4) is 0 Å². The number of allylic oxidation sites excluding steroid dienone is 6. The average molecular weight is 193 g/mol. The highest BCUT2D eigenvalue weighted by Gasteiger charge is 1.96. The molecule has 0 aliphatic heterocycles. The molecule has 78 valence electrons. The number of aliphatic hydroxyl groups excluding tert-OH is 1. The molecule has 0 amide bonds. The van der Waals surface area contributed by atoms with Crippen LogP contribution in [0.3, 0.4) is 0 Å². The van der Waals surface area contributed by atoms with Gasteiger partial charge >= 0.3 is 0 Å². The fourth-order valence-corrected chi connectivity index (χ4v) is 1.17. The van der Waals surface area contributed by atoms with Crippen LogP contribution in [0.4, 0.5) is 0 Å². The molecule has 0 bridgehead atoms. The molecule has 2 nitrogen and oxygen atoms in total. The molecule has 0 aromatic carbocycles. The zero-order chi connectivity index (χ0) is 10.8. The summed E-state index contributed by atoms with van der Waals surface area (Å²) >= 11 is 0. The second kappa shape index (κ2) is 8.17. The zero-order valence-electron chi connectivity index (χ0n) is 9.12. The number of likely N-dealkylation sites (N-methyl/N-ethyl adjacent to an activating group) is 1. The van der Waals surface area contributed by atoms with Gasteiger partial charge in [-0.15, -0.1) is 0 Å². The van der Waals surface area contributed by atoms with Crippen LogP contribution in [-0.2, 0) is 0 Å². The Kier molecular flexibility index (Phi) is 7.33. The van der Waals surface area contributed by atoms with E-state index in [0.717, 1.165) is 24.0 Å². The minimum Gasteiger partial charge on any atom is -0.516 e. The quantitative estimate of drug-likeness (QED) is 0.519. The Morgan fingerprint density at radius 2 is 1.86 bits per heavy atom. The monoisotopic (exact) mass is 193 g/mol.